The van der Waals surface area contributed by atoms with E-state index in [2.05, 4.69) is 13.0 Å². The lowest BCUT2D eigenvalue weighted by molar-refractivity contribution is -0.370. The van der Waals surface area contributed by atoms with Crippen molar-refractivity contribution in [3.63, 3.8) is 0 Å². The smallest absolute Gasteiger partial charge is 0.333 e. The van der Waals surface area contributed by atoms with Crippen LogP contribution < -0.4 is 0 Å². The van der Waals surface area contributed by atoms with Gasteiger partial charge in [0.2, 0.25) is 0 Å². The summed E-state index contributed by atoms with van der Waals surface area (Å²) in [7, 11) is 4.43. The van der Waals surface area contributed by atoms with E-state index in [-0.39, 0.29) is 29.1 Å². The SMILES string of the molecule is CC=C(C)C(=O)OC1CC2C(CC=C3CC(OC4CC(OC)C(OC5OC(C)C(OC6OC(C)C(O)C(OC)C6O)C(OC)C5O)C(C)O4)CCC32C)C2(O)CCC(C(C)=O)C12C. The van der Waals surface area contributed by atoms with Crippen LogP contribution in [-0.2, 0) is 57.0 Å². The Kier molecular flexibility index (Phi) is 14.8. The predicted octanol–water partition coefficient (Wildman–Crippen LogP) is 3.67. The van der Waals surface area contributed by atoms with Crippen LogP contribution in [0.4, 0.5) is 0 Å². The highest BCUT2D eigenvalue weighted by Crippen LogP contribution is 2.68. The zero-order chi connectivity index (χ0) is 45.9. The minimum absolute atomic E-state index is 0.0276. The molecule has 0 aromatic rings. The molecular formula is C47H74O16. The molecular weight excluding hydrogens is 821 g/mol. The van der Waals surface area contributed by atoms with Crippen LogP contribution in [0.5, 0.6) is 0 Å². The third kappa shape index (κ3) is 8.54. The molecule has 3 saturated heterocycles. The maximum Gasteiger partial charge on any atom is 0.333 e. The lowest BCUT2D eigenvalue weighted by Gasteiger charge is -2.63. The molecule has 4 N–H and O–H groups in total. The number of rotatable bonds is 12. The summed E-state index contributed by atoms with van der Waals surface area (Å²) in [6, 6.07) is 0. The van der Waals surface area contributed by atoms with Crippen molar-refractivity contribution in [3.8, 4) is 0 Å². The number of allylic oxidation sites excluding steroid dienone is 2. The van der Waals surface area contributed by atoms with Crippen molar-refractivity contribution in [1.29, 1.82) is 0 Å². The molecule has 3 saturated carbocycles. The minimum Gasteiger partial charge on any atom is -0.458 e. The first kappa shape index (κ1) is 49.0. The van der Waals surface area contributed by atoms with Crippen LogP contribution in [0.2, 0.25) is 0 Å². The molecule has 358 valence electrons. The normalized spacial score (nSPS) is 50.2. The van der Waals surface area contributed by atoms with Crippen molar-refractivity contribution in [3.05, 3.63) is 23.3 Å². The number of carbonyl (C=O) groups is 2. The van der Waals surface area contributed by atoms with Gasteiger partial charge in [-0.25, -0.2) is 4.79 Å². The average molecular weight is 895 g/mol. The Labute approximate surface area is 372 Å². The van der Waals surface area contributed by atoms with Crippen LogP contribution in [-0.4, -0.2) is 157 Å². The standard InChI is InChI=1S/C47H74O16/c1-12-22(2)42(52)61-33-20-31-30(47(53)18-16-29(23(3)48)46(33,47)8)14-13-27-19-28(15-17-45(27,31)7)60-34-21-32(54-9)38(25(5)57-34)62-44-37(51)41(56-11)39(26(6)59-44)63-43-36(50)40(55-10)35(49)24(4)58-43/h12-13,24-26,28-41,43-44,49-51,53H,14-21H2,1-11H3. The molecule has 4 aliphatic carbocycles. The van der Waals surface area contributed by atoms with Crippen molar-refractivity contribution in [2.75, 3.05) is 21.3 Å². The summed E-state index contributed by atoms with van der Waals surface area (Å²) in [6.45, 7) is 14.7. The number of ketones is 1. The Bertz CT molecular complexity index is 1710. The van der Waals surface area contributed by atoms with Crippen LogP contribution in [0.3, 0.4) is 0 Å². The van der Waals surface area contributed by atoms with Gasteiger partial charge in [-0.3, -0.25) is 4.79 Å². The third-order valence-corrected chi connectivity index (χ3v) is 16.7. The van der Waals surface area contributed by atoms with Gasteiger partial charge in [0.25, 0.3) is 0 Å². The highest BCUT2D eigenvalue weighted by Gasteiger charge is 2.71. The highest BCUT2D eigenvalue weighted by molar-refractivity contribution is 5.88. The first-order valence-electron chi connectivity index (χ1n) is 23.1. The summed E-state index contributed by atoms with van der Waals surface area (Å²) < 4.78 is 61.1. The van der Waals surface area contributed by atoms with Crippen LogP contribution in [0.25, 0.3) is 0 Å². The maximum atomic E-state index is 13.3. The van der Waals surface area contributed by atoms with E-state index in [0.29, 0.717) is 44.1 Å². The zero-order valence-corrected chi connectivity index (χ0v) is 39.0. The van der Waals surface area contributed by atoms with Gasteiger partial charge in [0.05, 0.1) is 36.1 Å². The molecule has 0 spiro atoms. The van der Waals surface area contributed by atoms with Crippen molar-refractivity contribution < 1.29 is 77.4 Å². The topological polar surface area (TPSA) is 207 Å². The highest BCUT2D eigenvalue weighted by atomic mass is 16.8. The first-order chi connectivity index (χ1) is 29.8. The molecule has 22 atom stereocenters. The molecule has 0 amide bonds. The zero-order valence-electron chi connectivity index (χ0n) is 39.0. The van der Waals surface area contributed by atoms with Crippen LogP contribution in [0.15, 0.2) is 23.3 Å². The van der Waals surface area contributed by atoms with Gasteiger partial charge in [-0.05, 0) is 104 Å². The fourth-order valence-electron chi connectivity index (χ4n) is 12.8. The number of carbonyl (C=O) groups excluding carboxylic acids is 2. The molecule has 63 heavy (non-hydrogen) atoms. The average Bonchev–Trinajstić information content (AvgIpc) is 3.54. The van der Waals surface area contributed by atoms with E-state index in [1.165, 1.54) is 19.8 Å². The van der Waals surface area contributed by atoms with Crippen LogP contribution >= 0.6 is 0 Å². The first-order valence-corrected chi connectivity index (χ1v) is 23.1. The van der Waals surface area contributed by atoms with Gasteiger partial charge in [0, 0.05) is 44.7 Å². The molecule has 3 aliphatic heterocycles. The summed E-state index contributed by atoms with van der Waals surface area (Å²) >= 11 is 0. The van der Waals surface area contributed by atoms with Crippen LogP contribution in [0.1, 0.15) is 107 Å². The Hall–Kier alpha value is -1.90. The second-order valence-corrected chi connectivity index (χ2v) is 19.9. The molecule has 0 radical (unpaired) electrons. The molecule has 7 rings (SSSR count). The second kappa shape index (κ2) is 19.0. The summed E-state index contributed by atoms with van der Waals surface area (Å²) in [5.74, 6) is -0.807. The van der Waals surface area contributed by atoms with Gasteiger partial charge >= 0.3 is 5.97 Å². The molecule has 16 heteroatoms. The Morgan fingerprint density at radius 2 is 1.40 bits per heavy atom. The number of aliphatic hydroxyl groups excluding tert-OH is 3. The van der Waals surface area contributed by atoms with Gasteiger partial charge in [0.15, 0.2) is 18.9 Å². The Morgan fingerprint density at radius 1 is 0.762 bits per heavy atom. The summed E-state index contributed by atoms with van der Waals surface area (Å²) in [6.07, 6.45) is -4.13. The van der Waals surface area contributed by atoms with E-state index in [0.717, 1.165) is 12.8 Å². The molecule has 3 heterocycles. The minimum atomic E-state index is -1.31. The largest absolute Gasteiger partial charge is 0.458 e. The molecule has 16 nitrogen and oxygen atoms in total. The number of fused-ring (bicyclic) bond motifs is 5. The number of esters is 1. The quantitative estimate of drug-likeness (QED) is 0.125. The van der Waals surface area contributed by atoms with E-state index < -0.39 is 115 Å². The number of hydrogen-bond donors (Lipinski definition) is 4. The van der Waals surface area contributed by atoms with Gasteiger partial charge in [-0.1, -0.05) is 31.6 Å². The summed E-state index contributed by atoms with van der Waals surface area (Å²) in [5.41, 5.74) is -0.540. The van der Waals surface area contributed by atoms with E-state index in [1.54, 1.807) is 47.8 Å². The number of hydrogen-bond acceptors (Lipinski definition) is 16. The predicted molar refractivity (Wildman–Crippen MR) is 225 cm³/mol. The maximum absolute atomic E-state index is 13.3. The van der Waals surface area contributed by atoms with Gasteiger partial charge < -0.3 is 67.8 Å². The van der Waals surface area contributed by atoms with Gasteiger partial charge in [-0.15, -0.1) is 0 Å². The van der Waals surface area contributed by atoms with E-state index >= 15 is 0 Å². The molecule has 6 fully saturated rings. The van der Waals surface area contributed by atoms with Crippen molar-refractivity contribution >= 4 is 11.8 Å². The molecule has 0 bridgehead atoms. The van der Waals surface area contributed by atoms with Crippen molar-refractivity contribution in [2.45, 2.75) is 211 Å². The monoisotopic (exact) mass is 894 g/mol. The van der Waals surface area contributed by atoms with E-state index in [9.17, 15) is 30.0 Å². The second-order valence-electron chi connectivity index (χ2n) is 19.9. The van der Waals surface area contributed by atoms with Gasteiger partial charge in [-0.2, -0.15) is 0 Å². The van der Waals surface area contributed by atoms with Crippen molar-refractivity contribution in [1.82, 2.24) is 0 Å². The van der Waals surface area contributed by atoms with E-state index in [4.69, 9.17) is 47.4 Å². The number of Topliss-reactive ketones (excluding diaryl/α,β-unsaturated/α-hetero) is 1. The van der Waals surface area contributed by atoms with E-state index in [1.807, 2.05) is 13.8 Å². The Morgan fingerprint density at radius 3 is 2.03 bits per heavy atom. The van der Waals surface area contributed by atoms with Gasteiger partial charge in [0.1, 0.15) is 54.6 Å². The van der Waals surface area contributed by atoms with Crippen LogP contribution in [0, 0.1) is 28.6 Å². The molecule has 0 aromatic heterocycles. The lowest BCUT2D eigenvalue weighted by atomic mass is 9.45. The fraction of sp³-hybridized carbons (Fsp3) is 0.872. The summed E-state index contributed by atoms with van der Waals surface area (Å²) in [4.78, 5) is 26.4. The number of aliphatic hydroxyl groups is 4. The lowest BCUT2D eigenvalue weighted by Crippen LogP contribution is -2.66. The molecule has 22 unspecified atom stereocenters. The third-order valence-electron chi connectivity index (χ3n) is 16.7. The molecule has 0 aromatic carbocycles. The number of ether oxygens (including phenoxy) is 10. The van der Waals surface area contributed by atoms with Crippen molar-refractivity contribution in [2.24, 2.45) is 28.6 Å². The molecule has 7 aliphatic rings. The number of methoxy groups -OCH3 is 3. The summed E-state index contributed by atoms with van der Waals surface area (Å²) in [5, 5.41) is 45.6. The fourth-order valence-corrected chi connectivity index (χ4v) is 12.8. The Balaban J connectivity index is 0.993.